The number of carbonyl (C=O) groups is 1. The summed E-state index contributed by atoms with van der Waals surface area (Å²) in [6.45, 7) is 2.41. The Balaban J connectivity index is 1.49. The maximum Gasteiger partial charge on any atom is 0.352 e. The minimum atomic E-state index is -1.02. The van der Waals surface area contributed by atoms with E-state index in [4.69, 9.17) is 25.8 Å². The van der Waals surface area contributed by atoms with Crippen molar-refractivity contribution in [3.63, 3.8) is 0 Å². The zero-order chi connectivity index (χ0) is 22.2. The predicted octanol–water partition coefficient (Wildman–Crippen LogP) is 5.91. The van der Waals surface area contributed by atoms with Gasteiger partial charge in [0.05, 0.1) is 6.54 Å². The minimum Gasteiger partial charge on any atom is -0.486 e. The molecule has 6 nitrogen and oxygen atoms in total. The van der Waals surface area contributed by atoms with Crippen LogP contribution in [0.4, 0.5) is 0 Å². The Hall–Kier alpha value is -3.64. The summed E-state index contributed by atoms with van der Waals surface area (Å²) in [5.74, 6) is 0.842. The molecule has 1 N–H and O–H groups in total. The van der Waals surface area contributed by atoms with E-state index in [1.807, 2.05) is 55.5 Å². The highest BCUT2D eigenvalue weighted by Crippen LogP contribution is 2.38. The summed E-state index contributed by atoms with van der Waals surface area (Å²) in [4.78, 5) is 12.0. The molecule has 1 atom stereocenters. The molecule has 7 heteroatoms. The second kappa shape index (κ2) is 8.13. The number of hydrogen-bond donors (Lipinski definition) is 1. The van der Waals surface area contributed by atoms with E-state index < -0.39 is 5.97 Å². The number of carboxylic acids is 1. The summed E-state index contributed by atoms with van der Waals surface area (Å²) in [6.07, 6.45) is -0.137. The monoisotopic (exact) mass is 449 g/mol. The molecule has 162 valence electrons. The lowest BCUT2D eigenvalue weighted by atomic mass is 10.1. The SMILES string of the molecule is C[C@H](Oc1ccc2c(c1)cc(C(=O)O)n2Cc1cc2c(cc1Cl)OCO2)c1ccccc1. The summed E-state index contributed by atoms with van der Waals surface area (Å²) in [5, 5.41) is 11.1. The van der Waals surface area contributed by atoms with Crippen LogP contribution in [0.3, 0.4) is 0 Å². The van der Waals surface area contributed by atoms with Crippen molar-refractivity contribution in [2.24, 2.45) is 0 Å². The number of carboxylic acid groups (broad SMARTS) is 1. The van der Waals surface area contributed by atoms with Crippen LogP contribution in [-0.4, -0.2) is 22.4 Å². The molecule has 1 aromatic heterocycles. The van der Waals surface area contributed by atoms with Gasteiger partial charge in [-0.05, 0) is 48.4 Å². The molecule has 0 bridgehead atoms. The van der Waals surface area contributed by atoms with Gasteiger partial charge >= 0.3 is 5.97 Å². The number of ether oxygens (including phenoxy) is 3. The van der Waals surface area contributed by atoms with Crippen LogP contribution in [0.5, 0.6) is 17.2 Å². The van der Waals surface area contributed by atoms with Crippen LogP contribution in [0.25, 0.3) is 10.9 Å². The second-order valence-electron chi connectivity index (χ2n) is 7.61. The largest absolute Gasteiger partial charge is 0.486 e. The molecule has 4 aromatic rings. The van der Waals surface area contributed by atoms with E-state index in [0.29, 0.717) is 22.3 Å². The molecule has 0 saturated carbocycles. The van der Waals surface area contributed by atoms with Crippen LogP contribution in [0.1, 0.15) is 34.6 Å². The Morgan fingerprint density at radius 3 is 2.59 bits per heavy atom. The smallest absolute Gasteiger partial charge is 0.352 e. The van der Waals surface area contributed by atoms with Crippen LogP contribution in [0.2, 0.25) is 5.02 Å². The molecule has 1 aliphatic rings. The van der Waals surface area contributed by atoms with Gasteiger partial charge in [0.15, 0.2) is 11.5 Å². The molecule has 0 saturated heterocycles. The quantitative estimate of drug-likeness (QED) is 0.396. The molecule has 0 unspecified atom stereocenters. The van der Waals surface area contributed by atoms with Crippen molar-refractivity contribution in [1.29, 1.82) is 0 Å². The number of hydrogen-bond acceptors (Lipinski definition) is 4. The van der Waals surface area contributed by atoms with Gasteiger partial charge < -0.3 is 23.9 Å². The highest BCUT2D eigenvalue weighted by Gasteiger charge is 2.20. The van der Waals surface area contributed by atoms with Crippen molar-refractivity contribution < 1.29 is 24.1 Å². The van der Waals surface area contributed by atoms with Gasteiger partial charge in [0, 0.05) is 22.0 Å². The summed E-state index contributed by atoms with van der Waals surface area (Å²) in [6, 6.07) is 20.7. The van der Waals surface area contributed by atoms with E-state index in [1.165, 1.54) is 0 Å². The molecule has 0 radical (unpaired) electrons. The van der Waals surface area contributed by atoms with E-state index >= 15 is 0 Å². The molecular formula is C25H20ClNO5. The molecule has 1 aliphatic heterocycles. The van der Waals surface area contributed by atoms with Gasteiger partial charge in [-0.1, -0.05) is 41.9 Å². The number of fused-ring (bicyclic) bond motifs is 2. The van der Waals surface area contributed by atoms with Gasteiger partial charge in [-0.15, -0.1) is 0 Å². The fraction of sp³-hybridized carbons (Fsp3) is 0.160. The van der Waals surface area contributed by atoms with Gasteiger partial charge in [0.25, 0.3) is 0 Å². The van der Waals surface area contributed by atoms with Gasteiger partial charge in [-0.2, -0.15) is 0 Å². The lowest BCUT2D eigenvalue weighted by Crippen LogP contribution is -2.09. The Labute approximate surface area is 189 Å². The summed E-state index contributed by atoms with van der Waals surface area (Å²) in [5.41, 5.74) is 2.75. The zero-order valence-electron chi connectivity index (χ0n) is 17.2. The first-order chi connectivity index (χ1) is 15.5. The molecule has 0 fully saturated rings. The van der Waals surface area contributed by atoms with E-state index in [1.54, 1.807) is 22.8 Å². The third-order valence-corrected chi connectivity index (χ3v) is 5.90. The Morgan fingerprint density at radius 2 is 1.84 bits per heavy atom. The number of nitrogens with zero attached hydrogens (tertiary/aromatic N) is 1. The summed E-state index contributed by atoms with van der Waals surface area (Å²) >= 11 is 6.43. The highest BCUT2D eigenvalue weighted by molar-refractivity contribution is 6.31. The van der Waals surface area contributed by atoms with Crippen molar-refractivity contribution in [1.82, 2.24) is 4.57 Å². The fourth-order valence-electron chi connectivity index (χ4n) is 3.92. The van der Waals surface area contributed by atoms with Crippen molar-refractivity contribution in [2.45, 2.75) is 19.6 Å². The fourth-order valence-corrected chi connectivity index (χ4v) is 4.13. The van der Waals surface area contributed by atoms with E-state index in [9.17, 15) is 9.90 Å². The van der Waals surface area contributed by atoms with Crippen LogP contribution >= 0.6 is 11.6 Å². The normalized spacial score (nSPS) is 13.3. The van der Waals surface area contributed by atoms with Crippen LogP contribution < -0.4 is 14.2 Å². The van der Waals surface area contributed by atoms with Gasteiger partial charge in [-0.3, -0.25) is 0 Å². The lowest BCUT2D eigenvalue weighted by Gasteiger charge is -2.15. The number of aromatic nitrogens is 1. The Bertz CT molecular complexity index is 1320. The summed E-state index contributed by atoms with van der Waals surface area (Å²) < 4.78 is 18.6. The molecule has 3 aromatic carbocycles. The molecule has 5 rings (SSSR count). The van der Waals surface area contributed by atoms with Gasteiger partial charge in [0.2, 0.25) is 6.79 Å². The average molecular weight is 450 g/mol. The first kappa shape index (κ1) is 20.3. The predicted molar refractivity (Wildman–Crippen MR) is 121 cm³/mol. The average Bonchev–Trinajstić information content (AvgIpc) is 3.38. The van der Waals surface area contributed by atoms with Crippen molar-refractivity contribution in [2.75, 3.05) is 6.79 Å². The number of rotatable bonds is 6. The van der Waals surface area contributed by atoms with E-state index in [-0.39, 0.29) is 25.1 Å². The molecule has 0 amide bonds. The van der Waals surface area contributed by atoms with Crippen molar-refractivity contribution in [3.8, 4) is 17.2 Å². The van der Waals surface area contributed by atoms with Gasteiger partial charge in [0.1, 0.15) is 17.5 Å². The van der Waals surface area contributed by atoms with Crippen LogP contribution in [0, 0.1) is 0 Å². The van der Waals surface area contributed by atoms with E-state index in [2.05, 4.69) is 0 Å². The maximum absolute atomic E-state index is 12.0. The molecule has 2 heterocycles. The zero-order valence-corrected chi connectivity index (χ0v) is 18.0. The Morgan fingerprint density at radius 1 is 1.09 bits per heavy atom. The third-order valence-electron chi connectivity index (χ3n) is 5.54. The van der Waals surface area contributed by atoms with E-state index in [0.717, 1.165) is 22.0 Å². The standard InChI is InChI=1S/C25H20ClNO5/c1-15(16-5-3-2-4-6-16)32-19-7-8-21-17(9-19)10-22(25(28)29)27(21)13-18-11-23-24(12-20(18)26)31-14-30-23/h2-12,15H,13-14H2,1H3,(H,28,29)/t15-/m0/s1. The minimum absolute atomic E-state index is 0.137. The lowest BCUT2D eigenvalue weighted by molar-refractivity contribution is 0.0686. The molecular weight excluding hydrogens is 430 g/mol. The number of halogens is 1. The third kappa shape index (κ3) is 3.74. The molecule has 0 spiro atoms. The topological polar surface area (TPSA) is 69.9 Å². The molecule has 32 heavy (non-hydrogen) atoms. The van der Waals surface area contributed by atoms with Crippen LogP contribution in [0.15, 0.2) is 66.7 Å². The number of aromatic carboxylic acids is 1. The Kier molecular flexibility index (Phi) is 5.15. The second-order valence-corrected chi connectivity index (χ2v) is 8.02. The first-order valence-corrected chi connectivity index (χ1v) is 10.5. The first-order valence-electron chi connectivity index (χ1n) is 10.2. The van der Waals surface area contributed by atoms with Crippen molar-refractivity contribution in [3.05, 3.63) is 88.6 Å². The highest BCUT2D eigenvalue weighted by atomic mass is 35.5. The van der Waals surface area contributed by atoms with Gasteiger partial charge in [-0.25, -0.2) is 4.79 Å². The van der Waals surface area contributed by atoms with Crippen LogP contribution in [-0.2, 0) is 6.54 Å². The molecule has 0 aliphatic carbocycles. The summed E-state index contributed by atoms with van der Waals surface area (Å²) in [7, 11) is 0. The maximum atomic E-state index is 12.0. The van der Waals surface area contributed by atoms with Crippen molar-refractivity contribution >= 4 is 28.5 Å². The number of benzene rings is 3.